The predicted molar refractivity (Wildman–Crippen MR) is 68.0 cm³/mol. The predicted octanol–water partition coefficient (Wildman–Crippen LogP) is -1.47. The van der Waals surface area contributed by atoms with Gasteiger partial charge in [-0.15, -0.1) is 0 Å². The molecule has 2 heterocycles. The Kier molecular flexibility index (Phi) is 4.54. The minimum absolute atomic E-state index is 0.0109. The molecule has 0 aromatic heterocycles. The summed E-state index contributed by atoms with van der Waals surface area (Å²) < 4.78 is 0. The maximum atomic E-state index is 11.9. The zero-order valence-corrected chi connectivity index (χ0v) is 10.9. The second kappa shape index (κ2) is 6.15. The van der Waals surface area contributed by atoms with Crippen molar-refractivity contribution in [1.82, 2.24) is 20.9 Å². The van der Waals surface area contributed by atoms with Gasteiger partial charge in [0.25, 0.3) is 0 Å². The van der Waals surface area contributed by atoms with Crippen LogP contribution < -0.4 is 16.0 Å². The zero-order chi connectivity index (χ0) is 13.0. The van der Waals surface area contributed by atoms with Gasteiger partial charge < -0.3 is 15.5 Å². The lowest BCUT2D eigenvalue weighted by Crippen LogP contribution is -2.58. The highest BCUT2D eigenvalue weighted by Crippen LogP contribution is 2.13. The Morgan fingerprint density at radius 1 is 1.56 bits per heavy atom. The van der Waals surface area contributed by atoms with Crippen LogP contribution in [-0.4, -0.2) is 62.5 Å². The number of piperazine rings is 1. The first-order valence-electron chi connectivity index (χ1n) is 6.61. The van der Waals surface area contributed by atoms with Gasteiger partial charge >= 0.3 is 0 Å². The lowest BCUT2D eigenvalue weighted by atomic mass is 9.98. The Morgan fingerprint density at radius 2 is 2.39 bits per heavy atom. The van der Waals surface area contributed by atoms with E-state index in [1.165, 1.54) is 12.8 Å². The molecular formula is C12H22N4O2. The van der Waals surface area contributed by atoms with E-state index in [1.807, 2.05) is 0 Å². The monoisotopic (exact) mass is 254 g/mol. The number of amides is 2. The molecule has 18 heavy (non-hydrogen) atoms. The van der Waals surface area contributed by atoms with Crippen molar-refractivity contribution in [2.75, 3.05) is 39.8 Å². The summed E-state index contributed by atoms with van der Waals surface area (Å²) >= 11 is 0. The van der Waals surface area contributed by atoms with Crippen molar-refractivity contribution in [1.29, 1.82) is 0 Å². The van der Waals surface area contributed by atoms with E-state index in [0.29, 0.717) is 12.5 Å². The number of likely N-dealkylation sites (tertiary alicyclic amines) is 1. The first-order valence-corrected chi connectivity index (χ1v) is 6.61. The summed E-state index contributed by atoms with van der Waals surface area (Å²) in [6.07, 6.45) is 2.38. The number of carbonyl (C=O) groups is 2. The molecule has 2 aliphatic heterocycles. The SMILES string of the molecule is CN1CCCC(CNC(=O)C2CNC(=O)CN2)C1. The zero-order valence-electron chi connectivity index (χ0n) is 10.9. The van der Waals surface area contributed by atoms with Crippen molar-refractivity contribution in [2.24, 2.45) is 5.92 Å². The Balaban J connectivity index is 1.69. The lowest BCUT2D eigenvalue weighted by molar-refractivity contribution is -0.126. The molecule has 2 amide bonds. The van der Waals surface area contributed by atoms with Gasteiger partial charge in [-0.25, -0.2) is 0 Å². The van der Waals surface area contributed by atoms with E-state index in [4.69, 9.17) is 0 Å². The second-order valence-corrected chi connectivity index (χ2v) is 5.25. The van der Waals surface area contributed by atoms with Crippen LogP contribution in [0.5, 0.6) is 0 Å². The number of carbonyl (C=O) groups excluding carboxylic acids is 2. The fraction of sp³-hybridized carbons (Fsp3) is 0.833. The average Bonchev–Trinajstić information content (AvgIpc) is 2.37. The third kappa shape index (κ3) is 3.68. The van der Waals surface area contributed by atoms with Crippen molar-refractivity contribution in [3.8, 4) is 0 Å². The van der Waals surface area contributed by atoms with Crippen LogP contribution in [0.2, 0.25) is 0 Å². The largest absolute Gasteiger partial charge is 0.354 e. The number of hydrogen-bond acceptors (Lipinski definition) is 4. The molecule has 6 nitrogen and oxygen atoms in total. The van der Waals surface area contributed by atoms with E-state index >= 15 is 0 Å². The van der Waals surface area contributed by atoms with E-state index in [-0.39, 0.29) is 24.4 Å². The summed E-state index contributed by atoms with van der Waals surface area (Å²) in [5.41, 5.74) is 0. The van der Waals surface area contributed by atoms with Crippen LogP contribution in [0.3, 0.4) is 0 Å². The molecular weight excluding hydrogens is 232 g/mol. The Hall–Kier alpha value is -1.14. The van der Waals surface area contributed by atoms with Crippen molar-refractivity contribution >= 4 is 11.8 Å². The standard InChI is InChI=1S/C12H22N4O2/c1-16-4-2-3-9(8-16)5-15-12(18)10-6-14-11(17)7-13-10/h9-10,13H,2-8H2,1H3,(H,14,17)(H,15,18). The van der Waals surface area contributed by atoms with E-state index < -0.39 is 0 Å². The first-order chi connectivity index (χ1) is 8.65. The summed E-state index contributed by atoms with van der Waals surface area (Å²) in [6, 6.07) is -0.288. The van der Waals surface area contributed by atoms with Gasteiger partial charge in [0.1, 0.15) is 6.04 Å². The molecule has 0 saturated carbocycles. The summed E-state index contributed by atoms with van der Waals surface area (Å²) in [7, 11) is 2.12. The maximum absolute atomic E-state index is 11.9. The molecule has 2 rings (SSSR count). The molecule has 6 heteroatoms. The van der Waals surface area contributed by atoms with Crippen LogP contribution in [0.1, 0.15) is 12.8 Å². The van der Waals surface area contributed by atoms with E-state index in [9.17, 15) is 9.59 Å². The molecule has 2 aliphatic rings. The average molecular weight is 254 g/mol. The molecule has 2 unspecified atom stereocenters. The molecule has 2 atom stereocenters. The molecule has 0 spiro atoms. The van der Waals surface area contributed by atoms with Gasteiger partial charge in [0.2, 0.25) is 11.8 Å². The highest BCUT2D eigenvalue weighted by atomic mass is 16.2. The molecule has 2 saturated heterocycles. The highest BCUT2D eigenvalue weighted by Gasteiger charge is 2.24. The summed E-state index contributed by atoms with van der Waals surface area (Å²) in [4.78, 5) is 25.2. The Morgan fingerprint density at radius 3 is 3.06 bits per heavy atom. The number of hydrogen-bond donors (Lipinski definition) is 3. The molecule has 0 radical (unpaired) electrons. The molecule has 0 aliphatic carbocycles. The fourth-order valence-electron chi connectivity index (χ4n) is 2.56. The number of rotatable bonds is 3. The van der Waals surface area contributed by atoms with Crippen LogP contribution in [0.4, 0.5) is 0 Å². The molecule has 0 bridgehead atoms. The van der Waals surface area contributed by atoms with Crippen molar-refractivity contribution in [3.63, 3.8) is 0 Å². The van der Waals surface area contributed by atoms with E-state index in [1.54, 1.807) is 0 Å². The van der Waals surface area contributed by atoms with Gasteiger partial charge in [-0.1, -0.05) is 0 Å². The minimum atomic E-state index is -0.288. The van der Waals surface area contributed by atoms with Crippen LogP contribution in [0.25, 0.3) is 0 Å². The third-order valence-electron chi connectivity index (χ3n) is 3.62. The lowest BCUT2D eigenvalue weighted by Gasteiger charge is -2.30. The Bertz CT molecular complexity index is 311. The topological polar surface area (TPSA) is 73.5 Å². The number of nitrogens with one attached hydrogen (secondary N) is 3. The fourth-order valence-corrected chi connectivity index (χ4v) is 2.56. The van der Waals surface area contributed by atoms with Gasteiger partial charge in [-0.2, -0.15) is 0 Å². The Labute approximate surface area is 107 Å². The van der Waals surface area contributed by atoms with Gasteiger partial charge in [0.15, 0.2) is 0 Å². The second-order valence-electron chi connectivity index (χ2n) is 5.25. The van der Waals surface area contributed by atoms with Crippen LogP contribution >= 0.6 is 0 Å². The van der Waals surface area contributed by atoms with Crippen LogP contribution in [-0.2, 0) is 9.59 Å². The van der Waals surface area contributed by atoms with Gasteiger partial charge in [0, 0.05) is 19.6 Å². The summed E-state index contributed by atoms with van der Waals surface area (Å²) in [5.74, 6) is 0.488. The molecule has 0 aromatic rings. The van der Waals surface area contributed by atoms with Crippen molar-refractivity contribution < 1.29 is 9.59 Å². The summed E-state index contributed by atoms with van der Waals surface area (Å²) in [5, 5.41) is 8.60. The van der Waals surface area contributed by atoms with E-state index in [2.05, 4.69) is 27.9 Å². The van der Waals surface area contributed by atoms with Gasteiger partial charge in [0.05, 0.1) is 6.54 Å². The third-order valence-corrected chi connectivity index (χ3v) is 3.62. The summed E-state index contributed by atoms with van der Waals surface area (Å²) in [6.45, 7) is 3.55. The molecule has 102 valence electrons. The first kappa shape index (κ1) is 13.3. The normalized spacial score (nSPS) is 29.7. The van der Waals surface area contributed by atoms with Crippen molar-refractivity contribution in [2.45, 2.75) is 18.9 Å². The van der Waals surface area contributed by atoms with Crippen LogP contribution in [0.15, 0.2) is 0 Å². The van der Waals surface area contributed by atoms with Gasteiger partial charge in [-0.3, -0.25) is 14.9 Å². The van der Waals surface area contributed by atoms with Gasteiger partial charge in [-0.05, 0) is 32.4 Å². The molecule has 2 fully saturated rings. The maximum Gasteiger partial charge on any atom is 0.238 e. The van der Waals surface area contributed by atoms with Crippen LogP contribution in [0, 0.1) is 5.92 Å². The molecule has 3 N–H and O–H groups in total. The molecule has 0 aromatic carbocycles. The number of piperidine rings is 1. The number of nitrogens with zero attached hydrogens (tertiary/aromatic N) is 1. The smallest absolute Gasteiger partial charge is 0.238 e. The van der Waals surface area contributed by atoms with E-state index in [0.717, 1.165) is 19.6 Å². The quantitative estimate of drug-likeness (QED) is 0.575. The highest BCUT2D eigenvalue weighted by molar-refractivity contribution is 5.86. The minimum Gasteiger partial charge on any atom is -0.354 e. The van der Waals surface area contributed by atoms with Crippen molar-refractivity contribution in [3.05, 3.63) is 0 Å².